The predicted octanol–water partition coefficient (Wildman–Crippen LogP) is 4.16. The van der Waals surface area contributed by atoms with Gasteiger partial charge in [0.05, 0.1) is 5.69 Å². The van der Waals surface area contributed by atoms with E-state index in [1.54, 1.807) is 30.3 Å². The van der Waals surface area contributed by atoms with Crippen LogP contribution in [0.5, 0.6) is 0 Å². The van der Waals surface area contributed by atoms with Gasteiger partial charge in [0.2, 0.25) is 11.8 Å². The van der Waals surface area contributed by atoms with Gasteiger partial charge in [0.1, 0.15) is 12.6 Å². The van der Waals surface area contributed by atoms with Crippen LogP contribution in [0.1, 0.15) is 36.5 Å². The summed E-state index contributed by atoms with van der Waals surface area (Å²) in [7, 11) is -1.14. The number of anilines is 1. The molecule has 1 atom stereocenters. The van der Waals surface area contributed by atoms with Gasteiger partial charge in [-0.2, -0.15) is 12.7 Å². The minimum absolute atomic E-state index is 0.162. The molecule has 0 bridgehead atoms. The van der Waals surface area contributed by atoms with Gasteiger partial charge in [-0.1, -0.05) is 86.1 Å². The monoisotopic (exact) mass is 564 g/mol. The Morgan fingerprint density at radius 2 is 1.48 bits per heavy atom. The molecule has 3 aromatic rings. The molecule has 2 amide bonds. The predicted molar refractivity (Wildman–Crippen MR) is 160 cm³/mol. The van der Waals surface area contributed by atoms with Crippen LogP contribution in [0.25, 0.3) is 0 Å². The number of carbonyl (C=O) groups excluding carboxylic acids is 2. The fourth-order valence-corrected chi connectivity index (χ4v) is 5.40. The first-order valence-electron chi connectivity index (χ1n) is 13.6. The van der Waals surface area contributed by atoms with Crippen molar-refractivity contribution >= 4 is 27.7 Å². The number of nitrogens with zero attached hydrogens (tertiary/aromatic N) is 3. The number of aryl methyl sites for hydroxylation is 1. The van der Waals surface area contributed by atoms with E-state index in [1.807, 2.05) is 68.4 Å². The van der Waals surface area contributed by atoms with Crippen LogP contribution in [0, 0.1) is 6.92 Å². The molecule has 1 N–H and O–H groups in total. The number of para-hydroxylation sites is 1. The smallest absolute Gasteiger partial charge is 0.304 e. The second kappa shape index (κ2) is 14.6. The highest BCUT2D eigenvalue weighted by molar-refractivity contribution is 7.90. The fraction of sp³-hybridized carbons (Fsp3) is 0.355. The van der Waals surface area contributed by atoms with E-state index < -0.39 is 28.7 Å². The van der Waals surface area contributed by atoms with Crippen molar-refractivity contribution in [3.63, 3.8) is 0 Å². The molecule has 0 radical (unpaired) electrons. The highest BCUT2D eigenvalue weighted by Crippen LogP contribution is 2.22. The maximum atomic E-state index is 14.2. The molecule has 3 aromatic carbocycles. The Balaban J connectivity index is 2.06. The first kappa shape index (κ1) is 30.8. The zero-order valence-corrected chi connectivity index (χ0v) is 24.6. The van der Waals surface area contributed by atoms with Crippen LogP contribution in [-0.4, -0.2) is 62.7 Å². The van der Waals surface area contributed by atoms with Crippen LogP contribution in [0.2, 0.25) is 0 Å². The molecule has 8 nitrogen and oxygen atoms in total. The van der Waals surface area contributed by atoms with E-state index in [1.165, 1.54) is 19.0 Å². The van der Waals surface area contributed by atoms with Crippen molar-refractivity contribution in [1.82, 2.24) is 14.5 Å². The molecule has 0 saturated carbocycles. The molecule has 40 heavy (non-hydrogen) atoms. The van der Waals surface area contributed by atoms with E-state index >= 15 is 0 Å². The quantitative estimate of drug-likeness (QED) is 0.298. The Kier molecular flexibility index (Phi) is 11.3. The van der Waals surface area contributed by atoms with Crippen LogP contribution in [0.3, 0.4) is 0 Å². The average Bonchev–Trinajstić information content (AvgIpc) is 2.95. The van der Waals surface area contributed by atoms with Gasteiger partial charge in [0.25, 0.3) is 0 Å². The van der Waals surface area contributed by atoms with E-state index in [2.05, 4.69) is 5.32 Å². The summed E-state index contributed by atoms with van der Waals surface area (Å²) in [5.41, 5.74) is 3.14. The first-order valence-corrected chi connectivity index (χ1v) is 15.0. The molecule has 0 heterocycles. The third-order valence-corrected chi connectivity index (χ3v) is 8.59. The third kappa shape index (κ3) is 8.16. The number of unbranched alkanes of at least 4 members (excludes halogenated alkanes) is 1. The van der Waals surface area contributed by atoms with E-state index in [4.69, 9.17) is 0 Å². The number of nitrogens with one attached hydrogen (secondary N) is 1. The number of rotatable bonds is 14. The molecular formula is C31H40N4O4S. The standard InChI is InChI=1S/C31H40N4O4S/c1-5-6-21-32-31(37)29(22-26-16-9-7-10-17-26)34(23-27-18-14-13-15-25(27)2)30(36)24-35(40(38,39)33(3)4)28-19-11-8-12-20-28/h7-20,29H,5-6,21-24H2,1-4H3,(H,32,37)/t29-/m1/s1. The SMILES string of the molecule is CCCCNC(=O)[C@@H](Cc1ccccc1)N(Cc1ccccc1C)C(=O)CN(c1ccccc1)S(=O)(=O)N(C)C. The molecule has 3 rings (SSSR count). The summed E-state index contributed by atoms with van der Waals surface area (Å²) in [5, 5.41) is 3.00. The normalized spacial score (nSPS) is 12.1. The largest absolute Gasteiger partial charge is 0.354 e. The lowest BCUT2D eigenvalue weighted by Gasteiger charge is -2.34. The summed E-state index contributed by atoms with van der Waals surface area (Å²) in [5.74, 6) is -0.731. The van der Waals surface area contributed by atoms with E-state index in [9.17, 15) is 18.0 Å². The molecule has 0 saturated heterocycles. The summed E-state index contributed by atoms with van der Waals surface area (Å²) < 4.78 is 28.9. The summed E-state index contributed by atoms with van der Waals surface area (Å²) in [6.45, 7) is 4.21. The van der Waals surface area contributed by atoms with Crippen molar-refractivity contribution in [1.29, 1.82) is 0 Å². The van der Waals surface area contributed by atoms with Gasteiger partial charge >= 0.3 is 10.2 Å². The molecule has 0 spiro atoms. The first-order chi connectivity index (χ1) is 19.1. The molecule has 214 valence electrons. The third-order valence-electron chi connectivity index (χ3n) is 6.77. The van der Waals surface area contributed by atoms with E-state index in [-0.39, 0.29) is 12.5 Å². The van der Waals surface area contributed by atoms with E-state index in [0.717, 1.165) is 38.1 Å². The zero-order chi connectivity index (χ0) is 29.1. The Morgan fingerprint density at radius 1 is 0.875 bits per heavy atom. The highest BCUT2D eigenvalue weighted by atomic mass is 32.2. The number of hydrogen-bond acceptors (Lipinski definition) is 4. The van der Waals surface area contributed by atoms with Crippen molar-refractivity contribution in [2.45, 2.75) is 45.7 Å². The van der Waals surface area contributed by atoms with Gasteiger partial charge in [0.15, 0.2) is 0 Å². The van der Waals surface area contributed by atoms with Crippen LogP contribution >= 0.6 is 0 Å². The maximum Gasteiger partial charge on any atom is 0.304 e. The lowest BCUT2D eigenvalue weighted by Crippen LogP contribution is -2.54. The van der Waals surface area contributed by atoms with Crippen molar-refractivity contribution in [3.8, 4) is 0 Å². The fourth-order valence-electron chi connectivity index (χ4n) is 4.34. The Hall–Kier alpha value is -3.69. The second-order valence-electron chi connectivity index (χ2n) is 9.93. The van der Waals surface area contributed by atoms with Crippen molar-refractivity contribution in [3.05, 3.63) is 102 Å². The molecule has 0 aliphatic rings. The van der Waals surface area contributed by atoms with Gasteiger partial charge in [-0.05, 0) is 42.2 Å². The molecular weight excluding hydrogens is 524 g/mol. The van der Waals surface area contributed by atoms with Crippen molar-refractivity contribution in [2.24, 2.45) is 0 Å². The van der Waals surface area contributed by atoms with Crippen LogP contribution in [-0.2, 0) is 32.8 Å². The minimum atomic E-state index is -4.01. The maximum absolute atomic E-state index is 14.2. The van der Waals surface area contributed by atoms with Gasteiger partial charge in [-0.3, -0.25) is 9.59 Å². The van der Waals surface area contributed by atoms with Crippen LogP contribution < -0.4 is 9.62 Å². The Morgan fingerprint density at radius 3 is 2.08 bits per heavy atom. The molecule has 0 aliphatic carbocycles. The van der Waals surface area contributed by atoms with Gasteiger partial charge < -0.3 is 10.2 Å². The van der Waals surface area contributed by atoms with Gasteiger partial charge in [0, 0.05) is 33.6 Å². The summed E-state index contributed by atoms with van der Waals surface area (Å²) in [6, 6.07) is 24.9. The summed E-state index contributed by atoms with van der Waals surface area (Å²) in [6.07, 6.45) is 2.03. The topological polar surface area (TPSA) is 90.0 Å². The zero-order valence-electron chi connectivity index (χ0n) is 23.8. The van der Waals surface area contributed by atoms with Crippen LogP contribution in [0.4, 0.5) is 5.69 Å². The van der Waals surface area contributed by atoms with Crippen LogP contribution in [0.15, 0.2) is 84.9 Å². The number of hydrogen-bond donors (Lipinski definition) is 1. The van der Waals surface area contributed by atoms with Gasteiger partial charge in [-0.15, -0.1) is 0 Å². The average molecular weight is 565 g/mol. The molecule has 9 heteroatoms. The Labute approximate surface area is 238 Å². The summed E-state index contributed by atoms with van der Waals surface area (Å²) >= 11 is 0. The lowest BCUT2D eigenvalue weighted by atomic mass is 10.0. The van der Waals surface area contributed by atoms with Crippen molar-refractivity contribution in [2.75, 3.05) is 31.5 Å². The number of amides is 2. The molecule has 0 fully saturated rings. The summed E-state index contributed by atoms with van der Waals surface area (Å²) in [4.78, 5) is 29.4. The van der Waals surface area contributed by atoms with Gasteiger partial charge in [-0.25, -0.2) is 4.31 Å². The van der Waals surface area contributed by atoms with Crippen molar-refractivity contribution < 1.29 is 18.0 Å². The Bertz CT molecular complexity index is 1350. The molecule has 0 aromatic heterocycles. The molecule has 0 unspecified atom stereocenters. The molecule has 0 aliphatic heterocycles. The second-order valence-corrected chi connectivity index (χ2v) is 12.0. The lowest BCUT2D eigenvalue weighted by molar-refractivity contribution is -0.140. The number of benzene rings is 3. The van der Waals surface area contributed by atoms with E-state index in [0.29, 0.717) is 18.7 Å². The highest BCUT2D eigenvalue weighted by Gasteiger charge is 2.34. The minimum Gasteiger partial charge on any atom is -0.354 e. The number of carbonyl (C=O) groups is 2.